The Balaban J connectivity index is 2.18. The van der Waals surface area contributed by atoms with Gasteiger partial charge in [0.1, 0.15) is 23.3 Å². The van der Waals surface area contributed by atoms with Gasteiger partial charge in [0.25, 0.3) is 11.6 Å². The van der Waals surface area contributed by atoms with E-state index in [0.29, 0.717) is 0 Å². The standard InChI is InChI=1S/C21H30F2N4O6/c1-12(32-5)10-24-16-9-15(23)13(8-18(16)27(30)31)19(28)25-17-11-26(7-6-14(17)22)20(29)33-21(2,3)4/h8-9,12,14,17,24H,6-7,10-11H2,1-5H3,(H,25,28)/t12?,14-,17-/m0/s1. The lowest BCUT2D eigenvalue weighted by Crippen LogP contribution is -2.55. The minimum atomic E-state index is -1.48. The Morgan fingerprint density at radius 3 is 2.61 bits per heavy atom. The zero-order valence-corrected chi connectivity index (χ0v) is 19.3. The number of piperidine rings is 1. The van der Waals surface area contributed by atoms with Crippen molar-refractivity contribution in [1.29, 1.82) is 0 Å². The van der Waals surface area contributed by atoms with Gasteiger partial charge in [-0.2, -0.15) is 0 Å². The quantitative estimate of drug-likeness (QED) is 0.461. The molecular weight excluding hydrogens is 442 g/mol. The van der Waals surface area contributed by atoms with E-state index in [0.717, 1.165) is 12.1 Å². The molecule has 0 radical (unpaired) electrons. The van der Waals surface area contributed by atoms with Gasteiger partial charge in [0.15, 0.2) is 0 Å². The van der Waals surface area contributed by atoms with Crippen molar-refractivity contribution >= 4 is 23.4 Å². The van der Waals surface area contributed by atoms with Crippen molar-refractivity contribution in [1.82, 2.24) is 10.2 Å². The first-order chi connectivity index (χ1) is 15.3. The van der Waals surface area contributed by atoms with Gasteiger partial charge in [0, 0.05) is 38.9 Å². The van der Waals surface area contributed by atoms with Crippen LogP contribution in [0.1, 0.15) is 44.5 Å². The lowest BCUT2D eigenvalue weighted by Gasteiger charge is -2.36. The monoisotopic (exact) mass is 472 g/mol. The number of carbonyl (C=O) groups excluding carboxylic acids is 2. The van der Waals surface area contributed by atoms with Crippen LogP contribution in [0.3, 0.4) is 0 Å². The van der Waals surface area contributed by atoms with Gasteiger partial charge in [-0.15, -0.1) is 0 Å². The smallest absolute Gasteiger partial charge is 0.410 e. The summed E-state index contributed by atoms with van der Waals surface area (Å²) in [5, 5.41) is 16.5. The molecule has 10 nitrogen and oxygen atoms in total. The van der Waals surface area contributed by atoms with Gasteiger partial charge in [-0.05, 0) is 34.1 Å². The normalized spacial score (nSPS) is 19.5. The molecule has 33 heavy (non-hydrogen) atoms. The van der Waals surface area contributed by atoms with Gasteiger partial charge >= 0.3 is 6.09 Å². The first kappa shape index (κ1) is 26.2. The van der Waals surface area contributed by atoms with Crippen molar-refractivity contribution < 1.29 is 32.8 Å². The fraction of sp³-hybridized carbons (Fsp3) is 0.619. The Labute approximate surface area is 190 Å². The Hall–Kier alpha value is -3.02. The van der Waals surface area contributed by atoms with Crippen LogP contribution in [0.25, 0.3) is 0 Å². The number of amides is 2. The lowest BCUT2D eigenvalue weighted by atomic mass is 10.0. The maximum absolute atomic E-state index is 14.7. The van der Waals surface area contributed by atoms with E-state index < -0.39 is 51.8 Å². The van der Waals surface area contributed by atoms with Crippen LogP contribution in [-0.2, 0) is 9.47 Å². The number of nitrogens with one attached hydrogen (secondary N) is 2. The summed E-state index contributed by atoms with van der Waals surface area (Å²) in [6, 6.07) is 0.514. The molecular formula is C21H30F2N4O6. The number of methoxy groups -OCH3 is 1. The Morgan fingerprint density at radius 1 is 1.36 bits per heavy atom. The van der Waals surface area contributed by atoms with Crippen molar-refractivity contribution in [3.8, 4) is 0 Å². The van der Waals surface area contributed by atoms with Crippen LogP contribution in [0.5, 0.6) is 0 Å². The highest BCUT2D eigenvalue weighted by molar-refractivity contribution is 5.96. The average Bonchev–Trinajstić information content (AvgIpc) is 2.71. The van der Waals surface area contributed by atoms with E-state index in [2.05, 4.69) is 10.6 Å². The molecule has 1 heterocycles. The first-order valence-corrected chi connectivity index (χ1v) is 10.5. The van der Waals surface area contributed by atoms with Crippen LogP contribution in [0, 0.1) is 15.9 Å². The largest absolute Gasteiger partial charge is 0.444 e. The fourth-order valence-electron chi connectivity index (χ4n) is 3.16. The molecule has 2 N–H and O–H groups in total. The summed E-state index contributed by atoms with van der Waals surface area (Å²) >= 11 is 0. The second-order valence-electron chi connectivity index (χ2n) is 8.84. The molecule has 3 atom stereocenters. The van der Waals surface area contributed by atoms with Gasteiger partial charge in [-0.1, -0.05) is 0 Å². The van der Waals surface area contributed by atoms with Crippen LogP contribution in [0.15, 0.2) is 12.1 Å². The highest BCUT2D eigenvalue weighted by Crippen LogP contribution is 2.28. The number of hydrogen-bond donors (Lipinski definition) is 2. The minimum Gasteiger partial charge on any atom is -0.444 e. The molecule has 1 aliphatic rings. The molecule has 184 valence electrons. The number of alkyl halides is 1. The molecule has 1 aliphatic heterocycles. The summed E-state index contributed by atoms with van der Waals surface area (Å²) in [5.74, 6) is -2.04. The van der Waals surface area contributed by atoms with E-state index in [1.807, 2.05) is 0 Å². The molecule has 1 saturated heterocycles. The third kappa shape index (κ3) is 7.24. The predicted octanol–water partition coefficient (Wildman–Crippen LogP) is 3.26. The van der Waals surface area contributed by atoms with Crippen molar-refractivity contribution in [3.05, 3.63) is 33.6 Å². The van der Waals surface area contributed by atoms with E-state index in [1.165, 1.54) is 12.0 Å². The predicted molar refractivity (Wildman–Crippen MR) is 117 cm³/mol. The maximum atomic E-state index is 14.7. The molecule has 0 bridgehead atoms. The van der Waals surface area contributed by atoms with Crippen molar-refractivity contribution in [2.45, 2.75) is 58.0 Å². The zero-order chi connectivity index (χ0) is 24.9. The highest BCUT2D eigenvalue weighted by atomic mass is 19.1. The van der Waals surface area contributed by atoms with Crippen LogP contribution in [-0.4, -0.2) is 72.5 Å². The minimum absolute atomic E-state index is 0.0483. The van der Waals surface area contributed by atoms with Gasteiger partial charge in [0.05, 0.1) is 22.6 Å². The van der Waals surface area contributed by atoms with Gasteiger partial charge in [-0.3, -0.25) is 14.9 Å². The Kier molecular flexibility index (Phi) is 8.53. The van der Waals surface area contributed by atoms with Crippen LogP contribution < -0.4 is 10.6 Å². The first-order valence-electron chi connectivity index (χ1n) is 10.5. The van der Waals surface area contributed by atoms with E-state index in [1.54, 1.807) is 27.7 Å². The van der Waals surface area contributed by atoms with E-state index >= 15 is 0 Å². The molecule has 0 aliphatic carbocycles. The van der Waals surface area contributed by atoms with Crippen LogP contribution >= 0.6 is 0 Å². The molecule has 12 heteroatoms. The number of nitro groups is 1. The summed E-state index contributed by atoms with van der Waals surface area (Å²) in [4.78, 5) is 36.9. The molecule has 1 fully saturated rings. The van der Waals surface area contributed by atoms with Crippen molar-refractivity contribution in [2.24, 2.45) is 0 Å². The lowest BCUT2D eigenvalue weighted by molar-refractivity contribution is -0.384. The van der Waals surface area contributed by atoms with Gasteiger partial charge < -0.3 is 25.0 Å². The number of hydrogen-bond acceptors (Lipinski definition) is 7. The van der Waals surface area contributed by atoms with Gasteiger partial charge in [0.2, 0.25) is 0 Å². The average molecular weight is 472 g/mol. The van der Waals surface area contributed by atoms with Crippen LogP contribution in [0.4, 0.5) is 25.0 Å². The summed E-state index contributed by atoms with van der Waals surface area (Å²) < 4.78 is 39.4. The van der Waals surface area contributed by atoms with Crippen LogP contribution in [0.2, 0.25) is 0 Å². The number of carbonyl (C=O) groups is 2. The number of ether oxygens (including phenoxy) is 2. The molecule has 0 spiro atoms. The number of rotatable bonds is 7. The molecule has 0 aromatic heterocycles. The maximum Gasteiger partial charge on any atom is 0.410 e. The third-order valence-electron chi connectivity index (χ3n) is 5.01. The fourth-order valence-corrected chi connectivity index (χ4v) is 3.16. The molecule has 1 unspecified atom stereocenters. The molecule has 2 amide bonds. The van der Waals surface area contributed by atoms with E-state index in [9.17, 15) is 28.5 Å². The zero-order valence-electron chi connectivity index (χ0n) is 19.3. The Bertz CT molecular complexity index is 892. The second-order valence-corrected chi connectivity index (χ2v) is 8.84. The Morgan fingerprint density at radius 2 is 2.03 bits per heavy atom. The number of anilines is 1. The summed E-state index contributed by atoms with van der Waals surface area (Å²) in [6.45, 7) is 6.88. The molecule has 0 saturated carbocycles. The van der Waals surface area contributed by atoms with Gasteiger partial charge in [-0.25, -0.2) is 13.6 Å². The number of nitrogens with zero attached hydrogens (tertiary/aromatic N) is 2. The summed E-state index contributed by atoms with van der Waals surface area (Å²) in [6.07, 6.45) is -2.48. The third-order valence-corrected chi connectivity index (χ3v) is 5.01. The summed E-state index contributed by atoms with van der Waals surface area (Å²) in [5.41, 5.74) is -1.98. The van der Waals surface area contributed by atoms with E-state index in [4.69, 9.17) is 9.47 Å². The number of likely N-dealkylation sites (tertiary alicyclic amines) is 1. The number of benzene rings is 1. The summed E-state index contributed by atoms with van der Waals surface area (Å²) in [7, 11) is 1.46. The second kappa shape index (κ2) is 10.7. The molecule has 1 aromatic carbocycles. The highest BCUT2D eigenvalue weighted by Gasteiger charge is 2.35. The molecule has 1 aromatic rings. The topological polar surface area (TPSA) is 123 Å². The number of halogens is 2. The van der Waals surface area contributed by atoms with Crippen molar-refractivity contribution in [2.75, 3.05) is 32.1 Å². The molecule has 2 rings (SSSR count). The SMILES string of the molecule is COC(C)CNc1cc(F)c(C(=O)N[C@H]2CN(C(=O)OC(C)(C)C)CC[C@@H]2F)cc1[N+](=O)[O-]. The van der Waals surface area contributed by atoms with E-state index in [-0.39, 0.29) is 37.8 Å². The van der Waals surface area contributed by atoms with Crippen molar-refractivity contribution in [3.63, 3.8) is 0 Å². The number of nitro benzene ring substituents is 1.